The van der Waals surface area contributed by atoms with E-state index in [1.165, 1.54) is 7.11 Å². The fourth-order valence-corrected chi connectivity index (χ4v) is 1.08. The lowest BCUT2D eigenvalue weighted by Gasteiger charge is -2.18. The second-order valence-corrected chi connectivity index (χ2v) is 2.94. The van der Waals surface area contributed by atoms with Crippen molar-refractivity contribution in [3.8, 4) is 0 Å². The third-order valence-electron chi connectivity index (χ3n) is 1.96. The van der Waals surface area contributed by atoms with Crippen molar-refractivity contribution in [2.75, 3.05) is 33.3 Å². The van der Waals surface area contributed by atoms with Gasteiger partial charge in [0.1, 0.15) is 0 Å². The number of carbonyl (C=O) groups excluding carboxylic acids is 1. The van der Waals surface area contributed by atoms with Crippen LogP contribution in [0.5, 0.6) is 0 Å². The van der Waals surface area contributed by atoms with E-state index in [1.54, 1.807) is 0 Å². The molecule has 0 radical (unpaired) electrons. The van der Waals surface area contributed by atoms with E-state index in [4.69, 9.17) is 5.73 Å². The molecular weight excluding hydrogens is 168 g/mol. The molecule has 0 aromatic heterocycles. The van der Waals surface area contributed by atoms with Crippen LogP contribution in [0.4, 0.5) is 0 Å². The van der Waals surface area contributed by atoms with Gasteiger partial charge in [-0.25, -0.2) is 0 Å². The minimum Gasteiger partial charge on any atom is -0.468 e. The van der Waals surface area contributed by atoms with Crippen LogP contribution in [0.2, 0.25) is 0 Å². The summed E-state index contributed by atoms with van der Waals surface area (Å²) in [5.41, 5.74) is 5.37. The molecule has 0 amide bonds. The monoisotopic (exact) mass is 188 g/mol. The summed E-state index contributed by atoms with van der Waals surface area (Å²) in [6.45, 7) is 4.93. The molecule has 0 aliphatic rings. The molecule has 0 heterocycles. The Morgan fingerprint density at radius 2 is 2.15 bits per heavy atom. The molecule has 0 unspecified atom stereocenters. The summed E-state index contributed by atoms with van der Waals surface area (Å²) in [4.78, 5) is 13.0. The highest BCUT2D eigenvalue weighted by atomic mass is 16.5. The predicted octanol–water partition coefficient (Wildman–Crippen LogP) is 0.220. The third kappa shape index (κ3) is 6.54. The van der Waals surface area contributed by atoms with E-state index in [9.17, 15) is 4.79 Å². The molecule has 0 spiro atoms. The molecule has 0 fully saturated rings. The number of hydrogen-bond acceptors (Lipinski definition) is 4. The Balaban J connectivity index is 3.56. The zero-order valence-electron chi connectivity index (χ0n) is 8.58. The van der Waals surface area contributed by atoms with Crippen molar-refractivity contribution >= 4 is 5.97 Å². The first-order chi connectivity index (χ1) is 6.24. The summed E-state index contributed by atoms with van der Waals surface area (Å²) in [6.07, 6.45) is 2.05. The number of unbranched alkanes of at least 4 members (excludes halogenated alkanes) is 1. The molecular formula is C9H20N2O2. The van der Waals surface area contributed by atoms with Crippen molar-refractivity contribution in [3.63, 3.8) is 0 Å². The highest BCUT2D eigenvalue weighted by molar-refractivity contribution is 5.71. The van der Waals surface area contributed by atoms with E-state index in [2.05, 4.69) is 9.64 Å². The molecule has 0 aromatic carbocycles. The Hall–Kier alpha value is -0.610. The Morgan fingerprint density at radius 1 is 1.46 bits per heavy atom. The van der Waals surface area contributed by atoms with Crippen LogP contribution < -0.4 is 5.73 Å². The average molecular weight is 188 g/mol. The van der Waals surface area contributed by atoms with Gasteiger partial charge in [0.15, 0.2) is 0 Å². The number of hydrogen-bond donors (Lipinski definition) is 1. The molecule has 78 valence electrons. The first-order valence-corrected chi connectivity index (χ1v) is 4.73. The lowest BCUT2D eigenvalue weighted by atomic mass is 10.3. The highest BCUT2D eigenvalue weighted by Gasteiger charge is 2.07. The topological polar surface area (TPSA) is 55.6 Å². The fourth-order valence-electron chi connectivity index (χ4n) is 1.08. The molecule has 0 aliphatic carbocycles. The van der Waals surface area contributed by atoms with E-state index >= 15 is 0 Å². The van der Waals surface area contributed by atoms with E-state index in [0.29, 0.717) is 6.54 Å². The van der Waals surface area contributed by atoms with Gasteiger partial charge in [-0.15, -0.1) is 0 Å². The van der Waals surface area contributed by atoms with E-state index in [0.717, 1.165) is 32.5 Å². The van der Waals surface area contributed by atoms with Crippen molar-refractivity contribution in [1.29, 1.82) is 0 Å². The van der Waals surface area contributed by atoms with Crippen LogP contribution >= 0.6 is 0 Å². The molecule has 0 aliphatic heterocycles. The number of methoxy groups -OCH3 is 1. The van der Waals surface area contributed by atoms with Crippen LogP contribution in [0, 0.1) is 0 Å². The van der Waals surface area contributed by atoms with E-state index in [1.807, 2.05) is 6.92 Å². The molecule has 4 nitrogen and oxygen atoms in total. The Morgan fingerprint density at radius 3 is 2.62 bits per heavy atom. The van der Waals surface area contributed by atoms with Gasteiger partial charge >= 0.3 is 5.97 Å². The summed E-state index contributed by atoms with van der Waals surface area (Å²) in [7, 11) is 1.41. The van der Waals surface area contributed by atoms with Crippen molar-refractivity contribution in [3.05, 3.63) is 0 Å². The molecule has 0 saturated carbocycles. The number of nitrogens with zero attached hydrogens (tertiary/aromatic N) is 1. The lowest BCUT2D eigenvalue weighted by molar-refractivity contribution is -0.141. The standard InChI is InChI=1S/C9H20N2O2/c1-3-11(7-5-4-6-10)8-9(12)13-2/h3-8,10H2,1-2H3. The van der Waals surface area contributed by atoms with Crippen molar-refractivity contribution in [2.24, 2.45) is 5.73 Å². The minimum atomic E-state index is -0.172. The van der Waals surface area contributed by atoms with Gasteiger partial charge in [0.05, 0.1) is 13.7 Å². The van der Waals surface area contributed by atoms with Crippen LogP contribution in [0.3, 0.4) is 0 Å². The molecule has 0 saturated heterocycles. The Bertz CT molecular complexity index is 140. The molecule has 0 bridgehead atoms. The van der Waals surface area contributed by atoms with Gasteiger partial charge in [-0.1, -0.05) is 6.92 Å². The first-order valence-electron chi connectivity index (χ1n) is 4.73. The van der Waals surface area contributed by atoms with Gasteiger partial charge in [0, 0.05) is 0 Å². The zero-order chi connectivity index (χ0) is 10.1. The second kappa shape index (κ2) is 8.01. The maximum atomic E-state index is 10.9. The quantitative estimate of drug-likeness (QED) is 0.458. The smallest absolute Gasteiger partial charge is 0.319 e. The maximum absolute atomic E-state index is 10.9. The largest absolute Gasteiger partial charge is 0.468 e. The number of rotatable bonds is 7. The fraction of sp³-hybridized carbons (Fsp3) is 0.889. The van der Waals surface area contributed by atoms with Gasteiger partial charge in [-0.2, -0.15) is 0 Å². The molecule has 2 N–H and O–H groups in total. The normalized spacial score (nSPS) is 10.5. The molecule has 4 heteroatoms. The van der Waals surface area contributed by atoms with E-state index < -0.39 is 0 Å². The Kier molecular flexibility index (Phi) is 7.63. The van der Waals surface area contributed by atoms with Crippen LogP contribution in [-0.2, 0) is 9.53 Å². The zero-order valence-corrected chi connectivity index (χ0v) is 8.58. The summed E-state index contributed by atoms with van der Waals surface area (Å²) in [5.74, 6) is -0.172. The molecule has 0 aromatic rings. The number of esters is 1. The van der Waals surface area contributed by atoms with E-state index in [-0.39, 0.29) is 5.97 Å². The number of nitrogens with two attached hydrogens (primary N) is 1. The number of ether oxygens (including phenoxy) is 1. The van der Waals surface area contributed by atoms with Crippen LogP contribution in [0.1, 0.15) is 19.8 Å². The summed E-state index contributed by atoms with van der Waals surface area (Å²) >= 11 is 0. The van der Waals surface area contributed by atoms with Crippen molar-refractivity contribution < 1.29 is 9.53 Å². The average Bonchev–Trinajstić information content (AvgIpc) is 2.16. The van der Waals surface area contributed by atoms with Crippen LogP contribution in [0.15, 0.2) is 0 Å². The van der Waals surface area contributed by atoms with Gasteiger partial charge in [-0.3, -0.25) is 9.69 Å². The maximum Gasteiger partial charge on any atom is 0.319 e. The summed E-state index contributed by atoms with van der Waals surface area (Å²) in [5, 5.41) is 0. The summed E-state index contributed by atoms with van der Waals surface area (Å²) < 4.78 is 4.58. The van der Waals surface area contributed by atoms with Crippen LogP contribution in [-0.4, -0.2) is 44.2 Å². The molecule has 0 rings (SSSR count). The van der Waals surface area contributed by atoms with Crippen molar-refractivity contribution in [2.45, 2.75) is 19.8 Å². The SMILES string of the molecule is CCN(CCCCN)CC(=O)OC. The Labute approximate surface area is 80.0 Å². The van der Waals surface area contributed by atoms with Gasteiger partial charge < -0.3 is 10.5 Å². The van der Waals surface area contributed by atoms with Gasteiger partial charge in [0.25, 0.3) is 0 Å². The lowest BCUT2D eigenvalue weighted by Crippen LogP contribution is -2.31. The molecule has 0 atom stereocenters. The van der Waals surface area contributed by atoms with Gasteiger partial charge in [-0.05, 0) is 32.5 Å². The molecule has 13 heavy (non-hydrogen) atoms. The second-order valence-electron chi connectivity index (χ2n) is 2.94. The first kappa shape index (κ1) is 12.4. The number of carbonyl (C=O) groups is 1. The summed E-state index contributed by atoms with van der Waals surface area (Å²) in [6, 6.07) is 0. The third-order valence-corrected chi connectivity index (χ3v) is 1.96. The number of likely N-dealkylation sites (N-methyl/N-ethyl adjacent to an activating group) is 1. The predicted molar refractivity (Wildman–Crippen MR) is 52.4 cm³/mol. The van der Waals surface area contributed by atoms with Crippen molar-refractivity contribution in [1.82, 2.24) is 4.90 Å². The highest BCUT2D eigenvalue weighted by Crippen LogP contribution is 1.94. The van der Waals surface area contributed by atoms with Gasteiger partial charge in [0.2, 0.25) is 0 Å². The minimum absolute atomic E-state index is 0.172. The van der Waals surface area contributed by atoms with Crippen LogP contribution in [0.25, 0.3) is 0 Å².